The zero-order valence-electron chi connectivity index (χ0n) is 17.1. The van der Waals surface area contributed by atoms with E-state index in [2.05, 4.69) is 10.1 Å². The maximum absolute atomic E-state index is 13.0. The second-order valence-electron chi connectivity index (χ2n) is 7.63. The van der Waals surface area contributed by atoms with Crippen LogP contribution < -0.4 is 5.56 Å². The first-order valence-electron chi connectivity index (χ1n) is 9.93. The predicted octanol–water partition coefficient (Wildman–Crippen LogP) is 1.61. The van der Waals surface area contributed by atoms with E-state index < -0.39 is 5.41 Å². The molecule has 30 heavy (non-hydrogen) atoms. The summed E-state index contributed by atoms with van der Waals surface area (Å²) in [5.74, 6) is -0.425. The summed E-state index contributed by atoms with van der Waals surface area (Å²) >= 11 is 0. The Balaban J connectivity index is 1.53. The van der Waals surface area contributed by atoms with Crippen LogP contribution in [0.1, 0.15) is 29.7 Å². The van der Waals surface area contributed by atoms with Crippen LogP contribution in [0.2, 0.25) is 0 Å². The van der Waals surface area contributed by atoms with Crippen molar-refractivity contribution in [1.29, 1.82) is 0 Å². The van der Waals surface area contributed by atoms with E-state index in [0.29, 0.717) is 42.8 Å². The van der Waals surface area contributed by atoms with Crippen LogP contribution in [-0.4, -0.2) is 51.6 Å². The number of fused-ring (bicyclic) bond motifs is 1. The Morgan fingerprint density at radius 2 is 1.87 bits per heavy atom. The van der Waals surface area contributed by atoms with Crippen molar-refractivity contribution in [2.45, 2.75) is 31.6 Å². The molecule has 3 heterocycles. The number of aromatic amines is 1. The standard InChI is InChI=1S/C22H24N4O4/c1-15-17(20(28)26-18(24-15)8-11-23-26)14-19(27)25-12-9-22(10-13-25,21(29)30-2)16-6-4-3-5-7-16/h3-8,11,23H,9-10,12-14H2,1-2H3. The number of methoxy groups -OCH3 is 1. The van der Waals surface area contributed by atoms with Crippen molar-refractivity contribution in [3.63, 3.8) is 0 Å². The molecule has 0 unspecified atom stereocenters. The van der Waals surface area contributed by atoms with Crippen LogP contribution in [-0.2, 0) is 26.2 Å². The van der Waals surface area contributed by atoms with Gasteiger partial charge in [0.1, 0.15) is 0 Å². The average Bonchev–Trinajstić information content (AvgIpc) is 3.25. The largest absolute Gasteiger partial charge is 0.468 e. The summed E-state index contributed by atoms with van der Waals surface area (Å²) in [6, 6.07) is 11.3. The van der Waals surface area contributed by atoms with E-state index in [-0.39, 0.29) is 23.9 Å². The minimum atomic E-state index is -0.757. The summed E-state index contributed by atoms with van der Waals surface area (Å²) in [6.07, 6.45) is 2.56. The molecule has 156 valence electrons. The summed E-state index contributed by atoms with van der Waals surface area (Å²) in [5, 5.41) is 2.82. The first-order chi connectivity index (χ1) is 14.5. The van der Waals surface area contributed by atoms with Crippen molar-refractivity contribution in [3.05, 3.63) is 69.8 Å². The van der Waals surface area contributed by atoms with E-state index in [1.807, 2.05) is 30.3 Å². The molecule has 0 spiro atoms. The molecule has 0 saturated carbocycles. The minimum absolute atomic E-state index is 0.0177. The fourth-order valence-corrected chi connectivity index (χ4v) is 4.27. The molecule has 0 radical (unpaired) electrons. The number of nitrogens with zero attached hydrogens (tertiary/aromatic N) is 3. The first-order valence-corrected chi connectivity index (χ1v) is 9.93. The van der Waals surface area contributed by atoms with Gasteiger partial charge in [-0.25, -0.2) is 9.50 Å². The van der Waals surface area contributed by atoms with E-state index in [9.17, 15) is 14.4 Å². The molecule has 0 aliphatic carbocycles. The summed E-state index contributed by atoms with van der Waals surface area (Å²) in [4.78, 5) is 44.4. The zero-order chi connectivity index (χ0) is 21.3. The Kier molecular flexibility index (Phi) is 5.15. The number of carbonyl (C=O) groups excluding carboxylic acids is 2. The van der Waals surface area contributed by atoms with Crippen LogP contribution >= 0.6 is 0 Å². The number of rotatable bonds is 4. The van der Waals surface area contributed by atoms with Crippen LogP contribution in [0.4, 0.5) is 0 Å². The minimum Gasteiger partial charge on any atom is -0.468 e. The topological polar surface area (TPSA) is 96.8 Å². The Bertz CT molecular complexity index is 1140. The van der Waals surface area contributed by atoms with Crippen LogP contribution in [0, 0.1) is 6.92 Å². The Labute approximate surface area is 173 Å². The molecule has 0 atom stereocenters. The second-order valence-corrected chi connectivity index (χ2v) is 7.63. The third-order valence-corrected chi connectivity index (χ3v) is 6.05. The molecule has 1 N–H and O–H groups in total. The van der Waals surface area contributed by atoms with Gasteiger partial charge in [-0.3, -0.25) is 19.5 Å². The lowest BCUT2D eigenvalue weighted by atomic mass is 9.72. The SMILES string of the molecule is COC(=O)C1(c2ccccc2)CCN(C(=O)Cc2c(C)nc3cc[nH]n3c2=O)CC1. The second kappa shape index (κ2) is 7.78. The number of piperidine rings is 1. The number of aromatic nitrogens is 3. The zero-order valence-corrected chi connectivity index (χ0v) is 17.1. The molecule has 1 aliphatic rings. The van der Waals surface area contributed by atoms with Gasteiger partial charge < -0.3 is 9.64 Å². The number of hydrogen-bond acceptors (Lipinski definition) is 5. The van der Waals surface area contributed by atoms with Crippen LogP contribution in [0.3, 0.4) is 0 Å². The average molecular weight is 408 g/mol. The van der Waals surface area contributed by atoms with Crippen LogP contribution in [0.5, 0.6) is 0 Å². The maximum atomic E-state index is 13.0. The molecule has 1 saturated heterocycles. The lowest BCUT2D eigenvalue weighted by molar-refractivity contribution is -0.151. The molecular formula is C22H24N4O4. The first kappa shape index (κ1) is 19.9. The number of esters is 1. The molecule has 3 aromatic rings. The van der Waals surface area contributed by atoms with Gasteiger partial charge >= 0.3 is 5.97 Å². The van der Waals surface area contributed by atoms with Crippen molar-refractivity contribution in [3.8, 4) is 0 Å². The lowest BCUT2D eigenvalue weighted by Crippen LogP contribution is -2.50. The van der Waals surface area contributed by atoms with Crippen molar-refractivity contribution in [2.24, 2.45) is 0 Å². The van der Waals surface area contributed by atoms with Gasteiger partial charge in [0.25, 0.3) is 5.56 Å². The van der Waals surface area contributed by atoms with E-state index in [0.717, 1.165) is 5.56 Å². The van der Waals surface area contributed by atoms with Gasteiger partial charge in [0.2, 0.25) is 5.91 Å². The van der Waals surface area contributed by atoms with Gasteiger partial charge in [-0.05, 0) is 25.3 Å². The van der Waals surface area contributed by atoms with Crippen LogP contribution in [0.25, 0.3) is 5.65 Å². The highest BCUT2D eigenvalue weighted by Gasteiger charge is 2.44. The summed E-state index contributed by atoms with van der Waals surface area (Å²) in [6.45, 7) is 2.58. The molecule has 1 fully saturated rings. The number of aryl methyl sites for hydroxylation is 1. The summed E-state index contributed by atoms with van der Waals surface area (Å²) < 4.78 is 6.44. The van der Waals surface area contributed by atoms with Gasteiger partial charge in [0.05, 0.1) is 18.9 Å². The highest BCUT2D eigenvalue weighted by atomic mass is 16.5. The molecule has 1 amide bonds. The number of H-pyrrole nitrogens is 1. The molecule has 8 heteroatoms. The molecular weight excluding hydrogens is 384 g/mol. The molecule has 1 aliphatic heterocycles. The number of amides is 1. The van der Waals surface area contributed by atoms with E-state index in [4.69, 9.17) is 4.74 Å². The van der Waals surface area contributed by atoms with Gasteiger partial charge in [-0.1, -0.05) is 30.3 Å². The number of benzene rings is 1. The Hall–Kier alpha value is -3.42. The molecule has 0 bridgehead atoms. The van der Waals surface area contributed by atoms with E-state index >= 15 is 0 Å². The Morgan fingerprint density at radius 1 is 1.17 bits per heavy atom. The van der Waals surface area contributed by atoms with Gasteiger partial charge in [-0.15, -0.1) is 0 Å². The van der Waals surface area contributed by atoms with E-state index in [1.54, 1.807) is 24.1 Å². The number of hydrogen-bond donors (Lipinski definition) is 1. The van der Waals surface area contributed by atoms with Crippen molar-refractivity contribution in [1.82, 2.24) is 19.5 Å². The highest BCUT2D eigenvalue weighted by molar-refractivity contribution is 5.84. The van der Waals surface area contributed by atoms with Crippen molar-refractivity contribution >= 4 is 17.5 Å². The van der Waals surface area contributed by atoms with Gasteiger partial charge in [-0.2, -0.15) is 0 Å². The van der Waals surface area contributed by atoms with Crippen molar-refractivity contribution in [2.75, 3.05) is 20.2 Å². The van der Waals surface area contributed by atoms with Gasteiger partial charge in [0.15, 0.2) is 5.65 Å². The molecule has 1 aromatic carbocycles. The lowest BCUT2D eigenvalue weighted by Gasteiger charge is -2.40. The van der Waals surface area contributed by atoms with Gasteiger partial charge in [0, 0.05) is 36.6 Å². The van der Waals surface area contributed by atoms with Crippen molar-refractivity contribution < 1.29 is 14.3 Å². The monoisotopic (exact) mass is 408 g/mol. The number of likely N-dealkylation sites (tertiary alicyclic amines) is 1. The highest BCUT2D eigenvalue weighted by Crippen LogP contribution is 2.37. The molecule has 4 rings (SSSR count). The number of nitrogens with one attached hydrogen (secondary N) is 1. The summed E-state index contributed by atoms with van der Waals surface area (Å²) in [5.41, 5.74) is 1.34. The third-order valence-electron chi connectivity index (χ3n) is 6.05. The normalized spacial score (nSPS) is 15.9. The number of carbonyl (C=O) groups is 2. The quantitative estimate of drug-likeness (QED) is 0.662. The fourth-order valence-electron chi connectivity index (χ4n) is 4.27. The molecule has 8 nitrogen and oxygen atoms in total. The smallest absolute Gasteiger partial charge is 0.316 e. The summed E-state index contributed by atoms with van der Waals surface area (Å²) in [7, 11) is 1.39. The number of ether oxygens (including phenoxy) is 1. The molecule has 2 aromatic heterocycles. The third kappa shape index (κ3) is 3.28. The van der Waals surface area contributed by atoms with Crippen LogP contribution in [0.15, 0.2) is 47.4 Å². The predicted molar refractivity (Wildman–Crippen MR) is 110 cm³/mol. The fraction of sp³-hybridized carbons (Fsp3) is 0.364. The maximum Gasteiger partial charge on any atom is 0.316 e. The Morgan fingerprint density at radius 3 is 2.53 bits per heavy atom. The van der Waals surface area contributed by atoms with E-state index in [1.165, 1.54) is 11.6 Å².